The fourth-order valence-corrected chi connectivity index (χ4v) is 1.47. The van der Waals surface area contributed by atoms with Crippen LogP contribution in [0, 0.1) is 0 Å². The molecular formula is C13H12N4O3. The fraction of sp³-hybridized carbons (Fsp3) is 0.0769. The van der Waals surface area contributed by atoms with Crippen LogP contribution in [0.25, 0.3) is 0 Å². The summed E-state index contributed by atoms with van der Waals surface area (Å²) in [4.78, 5) is 31.7. The van der Waals surface area contributed by atoms with Crippen molar-refractivity contribution in [3.05, 3.63) is 48.5 Å². The maximum absolute atomic E-state index is 12.0. The number of carbonyl (C=O) groups excluding carboxylic acids is 1. The van der Waals surface area contributed by atoms with Crippen molar-refractivity contribution in [3.8, 4) is 0 Å². The Bertz CT molecular complexity index is 613. The second-order valence-electron chi connectivity index (χ2n) is 3.94. The first-order valence-electron chi connectivity index (χ1n) is 5.72. The van der Waals surface area contributed by atoms with Gasteiger partial charge in [0.1, 0.15) is 5.69 Å². The normalized spacial score (nSPS) is 9.85. The molecule has 102 valence electrons. The molecule has 0 saturated carbocycles. The standard InChI is InChI=1S/C13H12N4O3/c1-17(10-3-2-6-14-8-10)13(20)16-9-4-5-11(12(18)19)15-7-9/h2-8H,1H3,(H,16,20)(H,18,19). The van der Waals surface area contributed by atoms with Gasteiger partial charge in [-0.1, -0.05) is 0 Å². The van der Waals surface area contributed by atoms with E-state index in [1.807, 2.05) is 0 Å². The number of carbonyl (C=O) groups is 2. The van der Waals surface area contributed by atoms with Gasteiger partial charge in [0.15, 0.2) is 0 Å². The molecule has 0 unspecified atom stereocenters. The average molecular weight is 272 g/mol. The highest BCUT2D eigenvalue weighted by molar-refractivity contribution is 6.01. The van der Waals surface area contributed by atoms with E-state index in [-0.39, 0.29) is 11.7 Å². The molecule has 0 radical (unpaired) electrons. The van der Waals surface area contributed by atoms with Gasteiger partial charge >= 0.3 is 12.0 Å². The zero-order valence-electron chi connectivity index (χ0n) is 10.6. The first kappa shape index (κ1) is 13.5. The molecular weight excluding hydrogens is 260 g/mol. The number of rotatable bonds is 3. The summed E-state index contributed by atoms with van der Waals surface area (Å²) in [5.41, 5.74) is 0.972. The van der Waals surface area contributed by atoms with Gasteiger partial charge in [0.25, 0.3) is 0 Å². The molecule has 7 heteroatoms. The Hall–Kier alpha value is -2.96. The molecule has 2 heterocycles. The molecule has 0 saturated heterocycles. The SMILES string of the molecule is CN(C(=O)Nc1ccc(C(=O)O)nc1)c1cccnc1. The molecule has 0 aromatic carbocycles. The molecule has 0 spiro atoms. The van der Waals surface area contributed by atoms with Crippen LogP contribution in [0.2, 0.25) is 0 Å². The largest absolute Gasteiger partial charge is 0.477 e. The predicted octanol–water partition coefficient (Wildman–Crippen LogP) is 1.84. The lowest BCUT2D eigenvalue weighted by Gasteiger charge is -2.17. The van der Waals surface area contributed by atoms with Crippen molar-refractivity contribution in [2.45, 2.75) is 0 Å². The van der Waals surface area contributed by atoms with E-state index < -0.39 is 5.97 Å². The minimum Gasteiger partial charge on any atom is -0.477 e. The summed E-state index contributed by atoms with van der Waals surface area (Å²) < 4.78 is 0. The highest BCUT2D eigenvalue weighted by Gasteiger charge is 2.11. The summed E-state index contributed by atoms with van der Waals surface area (Å²) >= 11 is 0. The number of hydrogen-bond acceptors (Lipinski definition) is 4. The van der Waals surface area contributed by atoms with Crippen molar-refractivity contribution in [2.24, 2.45) is 0 Å². The van der Waals surface area contributed by atoms with Gasteiger partial charge < -0.3 is 10.4 Å². The second kappa shape index (κ2) is 5.79. The number of aromatic carboxylic acids is 1. The zero-order chi connectivity index (χ0) is 14.5. The van der Waals surface area contributed by atoms with E-state index in [1.54, 1.807) is 31.6 Å². The smallest absolute Gasteiger partial charge is 0.354 e. The summed E-state index contributed by atoms with van der Waals surface area (Å²) in [5.74, 6) is -1.12. The maximum atomic E-state index is 12.0. The molecule has 2 rings (SSSR count). The maximum Gasteiger partial charge on any atom is 0.354 e. The van der Waals surface area contributed by atoms with Crippen LogP contribution in [0.4, 0.5) is 16.2 Å². The molecule has 0 aliphatic carbocycles. The van der Waals surface area contributed by atoms with Crippen molar-refractivity contribution in [1.29, 1.82) is 0 Å². The van der Waals surface area contributed by atoms with Crippen LogP contribution < -0.4 is 10.2 Å². The van der Waals surface area contributed by atoms with E-state index in [4.69, 9.17) is 5.11 Å². The number of anilines is 2. The minimum absolute atomic E-state index is 0.0800. The lowest BCUT2D eigenvalue weighted by Crippen LogP contribution is -2.31. The van der Waals surface area contributed by atoms with Crippen LogP contribution in [-0.2, 0) is 0 Å². The lowest BCUT2D eigenvalue weighted by molar-refractivity contribution is 0.0690. The fourth-order valence-electron chi connectivity index (χ4n) is 1.47. The van der Waals surface area contributed by atoms with Gasteiger partial charge in [-0.3, -0.25) is 9.88 Å². The van der Waals surface area contributed by atoms with Crippen LogP contribution >= 0.6 is 0 Å². The van der Waals surface area contributed by atoms with E-state index >= 15 is 0 Å². The third-order valence-electron chi connectivity index (χ3n) is 2.57. The summed E-state index contributed by atoms with van der Waals surface area (Å²) in [5, 5.41) is 11.3. The number of carboxylic acid groups (broad SMARTS) is 1. The van der Waals surface area contributed by atoms with Gasteiger partial charge in [-0.15, -0.1) is 0 Å². The number of aromatic nitrogens is 2. The number of carboxylic acids is 1. The Morgan fingerprint density at radius 3 is 2.60 bits per heavy atom. The highest BCUT2D eigenvalue weighted by atomic mass is 16.4. The molecule has 2 amide bonds. The summed E-state index contributed by atoms with van der Waals surface area (Å²) in [6.07, 6.45) is 4.47. The van der Waals surface area contributed by atoms with Gasteiger partial charge in [-0.25, -0.2) is 14.6 Å². The summed E-state index contributed by atoms with van der Waals surface area (Å²) in [7, 11) is 1.60. The number of hydrogen-bond donors (Lipinski definition) is 2. The van der Waals surface area contributed by atoms with Crippen LogP contribution in [0.15, 0.2) is 42.9 Å². The molecule has 0 fully saturated rings. The molecule has 0 aliphatic heterocycles. The molecule has 0 atom stereocenters. The van der Waals surface area contributed by atoms with Crippen molar-refractivity contribution >= 4 is 23.4 Å². The number of nitrogens with zero attached hydrogens (tertiary/aromatic N) is 3. The molecule has 2 aromatic heterocycles. The van der Waals surface area contributed by atoms with Gasteiger partial charge in [0, 0.05) is 13.2 Å². The number of nitrogens with one attached hydrogen (secondary N) is 1. The van der Waals surface area contributed by atoms with Crippen molar-refractivity contribution in [3.63, 3.8) is 0 Å². The Labute approximate surface area is 114 Å². The van der Waals surface area contributed by atoms with Gasteiger partial charge in [-0.05, 0) is 24.3 Å². The van der Waals surface area contributed by atoms with Crippen molar-refractivity contribution < 1.29 is 14.7 Å². The van der Waals surface area contributed by atoms with Gasteiger partial charge in [0.2, 0.25) is 0 Å². The average Bonchev–Trinajstić information content (AvgIpc) is 2.48. The molecule has 20 heavy (non-hydrogen) atoms. The monoisotopic (exact) mass is 272 g/mol. The Balaban J connectivity index is 2.06. The quantitative estimate of drug-likeness (QED) is 0.888. The van der Waals surface area contributed by atoms with E-state index in [1.165, 1.54) is 23.2 Å². The van der Waals surface area contributed by atoms with Gasteiger partial charge in [0.05, 0.1) is 23.8 Å². The first-order chi connectivity index (χ1) is 9.58. The van der Waals surface area contributed by atoms with E-state index in [0.717, 1.165) is 0 Å². The molecule has 2 aromatic rings. The number of amides is 2. The van der Waals surface area contributed by atoms with Crippen molar-refractivity contribution in [1.82, 2.24) is 9.97 Å². The lowest BCUT2D eigenvalue weighted by atomic mass is 10.3. The third kappa shape index (κ3) is 3.08. The third-order valence-corrected chi connectivity index (χ3v) is 2.57. The van der Waals surface area contributed by atoms with Crippen LogP contribution in [0.3, 0.4) is 0 Å². The van der Waals surface area contributed by atoms with Crippen molar-refractivity contribution in [2.75, 3.05) is 17.3 Å². The predicted molar refractivity (Wildman–Crippen MR) is 72.9 cm³/mol. The van der Waals surface area contributed by atoms with E-state index in [0.29, 0.717) is 11.4 Å². The molecule has 2 N–H and O–H groups in total. The highest BCUT2D eigenvalue weighted by Crippen LogP contribution is 2.12. The van der Waals surface area contributed by atoms with Crippen LogP contribution in [0.5, 0.6) is 0 Å². The second-order valence-corrected chi connectivity index (χ2v) is 3.94. The Morgan fingerprint density at radius 1 is 1.25 bits per heavy atom. The van der Waals surface area contributed by atoms with E-state index in [9.17, 15) is 9.59 Å². The summed E-state index contributed by atoms with van der Waals surface area (Å²) in [6, 6.07) is 5.90. The van der Waals surface area contributed by atoms with Crippen LogP contribution in [0.1, 0.15) is 10.5 Å². The summed E-state index contributed by atoms with van der Waals surface area (Å²) in [6.45, 7) is 0. The topological polar surface area (TPSA) is 95.4 Å². The Kier molecular flexibility index (Phi) is 3.90. The molecule has 7 nitrogen and oxygen atoms in total. The van der Waals surface area contributed by atoms with Crippen LogP contribution in [-0.4, -0.2) is 34.1 Å². The first-order valence-corrected chi connectivity index (χ1v) is 5.72. The number of urea groups is 1. The Morgan fingerprint density at radius 2 is 2.05 bits per heavy atom. The zero-order valence-corrected chi connectivity index (χ0v) is 10.6. The van der Waals surface area contributed by atoms with Gasteiger partial charge in [-0.2, -0.15) is 0 Å². The van der Waals surface area contributed by atoms with E-state index in [2.05, 4.69) is 15.3 Å². The molecule has 0 bridgehead atoms. The number of pyridine rings is 2. The molecule has 0 aliphatic rings. The minimum atomic E-state index is -1.12.